The monoisotopic (exact) mass is 339 g/mol. The second-order valence-corrected chi connectivity index (χ2v) is 6.94. The highest BCUT2D eigenvalue weighted by atomic mass is 32.2. The molecule has 1 fully saturated rings. The molecule has 3 rings (SSSR count). The molecule has 1 aromatic carbocycles. The predicted octanol–water partition coefficient (Wildman–Crippen LogP) is 1.92. The zero-order valence-electron chi connectivity index (χ0n) is 12.1. The van der Waals surface area contributed by atoms with Gasteiger partial charge in [-0.05, 0) is 30.7 Å². The lowest BCUT2D eigenvalue weighted by molar-refractivity contribution is 0.507. The first-order valence-electron chi connectivity index (χ1n) is 7.10. The maximum atomic E-state index is 13.7. The van der Waals surface area contributed by atoms with Crippen LogP contribution in [-0.4, -0.2) is 32.5 Å². The van der Waals surface area contributed by atoms with Gasteiger partial charge in [-0.2, -0.15) is 0 Å². The van der Waals surface area contributed by atoms with Crippen molar-refractivity contribution in [2.45, 2.75) is 17.4 Å². The number of anilines is 1. The largest absolute Gasteiger partial charge is 0.355 e. The average molecular weight is 339 g/mol. The number of rotatable bonds is 4. The van der Waals surface area contributed by atoms with Gasteiger partial charge in [0.05, 0.1) is 0 Å². The molecule has 0 radical (unpaired) electrons. The quantitative estimate of drug-likeness (QED) is 0.924. The van der Waals surface area contributed by atoms with Crippen LogP contribution in [0.25, 0.3) is 0 Å². The second-order valence-electron chi connectivity index (χ2n) is 5.29. The van der Waals surface area contributed by atoms with Crippen LogP contribution in [0.2, 0.25) is 0 Å². The van der Waals surface area contributed by atoms with Crippen molar-refractivity contribution in [2.75, 3.05) is 18.0 Å². The number of nitrogens with one attached hydrogen (secondary N) is 1. The van der Waals surface area contributed by atoms with Gasteiger partial charge in [-0.1, -0.05) is 12.1 Å². The highest BCUT2D eigenvalue weighted by molar-refractivity contribution is 7.89. The summed E-state index contributed by atoms with van der Waals surface area (Å²) in [4.78, 5) is 5.19. The lowest BCUT2D eigenvalue weighted by Crippen LogP contribution is -2.38. The maximum Gasteiger partial charge on any atom is 0.246 e. The lowest BCUT2D eigenvalue weighted by atomic mass is 10.3. The maximum absolute atomic E-state index is 13.7. The minimum absolute atomic E-state index is 0.395. The van der Waals surface area contributed by atoms with Gasteiger partial charge < -0.3 is 4.90 Å². The van der Waals surface area contributed by atoms with E-state index in [-0.39, 0.29) is 0 Å². The van der Waals surface area contributed by atoms with Gasteiger partial charge in [0, 0.05) is 25.3 Å². The van der Waals surface area contributed by atoms with Gasteiger partial charge in [-0.3, -0.25) is 0 Å². The Bertz CT molecular complexity index is 779. The van der Waals surface area contributed by atoms with E-state index in [0.29, 0.717) is 19.5 Å². The van der Waals surface area contributed by atoms with Gasteiger partial charge in [-0.15, -0.1) is 0 Å². The molecule has 0 saturated carbocycles. The predicted molar refractivity (Wildman–Crippen MR) is 81.5 cm³/mol. The third kappa shape index (κ3) is 3.32. The van der Waals surface area contributed by atoms with Crippen molar-refractivity contribution in [1.29, 1.82) is 0 Å². The van der Waals surface area contributed by atoms with Gasteiger partial charge in [0.25, 0.3) is 0 Å². The molecule has 0 spiro atoms. The van der Waals surface area contributed by atoms with Crippen LogP contribution in [0.5, 0.6) is 0 Å². The van der Waals surface area contributed by atoms with Crippen LogP contribution in [0.4, 0.5) is 14.6 Å². The summed E-state index contributed by atoms with van der Waals surface area (Å²) in [6.45, 7) is 1.01. The molecule has 0 bridgehead atoms. The summed E-state index contributed by atoms with van der Waals surface area (Å²) in [5, 5.41) is 0. The van der Waals surface area contributed by atoms with Gasteiger partial charge in [-0.25, -0.2) is 26.9 Å². The Kier molecular flexibility index (Phi) is 4.27. The number of hydrogen-bond acceptors (Lipinski definition) is 4. The van der Waals surface area contributed by atoms with Gasteiger partial charge in [0.1, 0.15) is 17.5 Å². The van der Waals surface area contributed by atoms with Crippen molar-refractivity contribution >= 4 is 15.8 Å². The van der Waals surface area contributed by atoms with Crippen LogP contribution < -0.4 is 9.62 Å². The molecule has 0 aliphatic carbocycles. The molecule has 0 amide bonds. The van der Waals surface area contributed by atoms with Crippen molar-refractivity contribution in [3.8, 4) is 0 Å². The molecular formula is C15H15F2N3O2S. The fourth-order valence-corrected chi connectivity index (χ4v) is 4.02. The average Bonchev–Trinajstić information content (AvgIpc) is 2.95. The number of sulfonamides is 1. The molecule has 23 heavy (non-hydrogen) atoms. The van der Waals surface area contributed by atoms with Crippen LogP contribution in [-0.2, 0) is 10.0 Å². The number of pyridine rings is 1. The zero-order chi connectivity index (χ0) is 16.4. The van der Waals surface area contributed by atoms with Crippen LogP contribution in [0.1, 0.15) is 6.42 Å². The van der Waals surface area contributed by atoms with Crippen LogP contribution >= 0.6 is 0 Å². The molecule has 1 aliphatic rings. The Hall–Kier alpha value is -2.06. The minimum Gasteiger partial charge on any atom is -0.355 e. The van der Waals surface area contributed by atoms with Crippen LogP contribution in [0.15, 0.2) is 47.5 Å². The summed E-state index contributed by atoms with van der Waals surface area (Å²) in [5.41, 5.74) is 0. The van der Waals surface area contributed by atoms with E-state index in [0.717, 1.165) is 24.0 Å². The molecule has 1 aliphatic heterocycles. The first-order chi connectivity index (χ1) is 11.0. The Balaban J connectivity index is 1.75. The van der Waals surface area contributed by atoms with E-state index in [9.17, 15) is 17.2 Å². The number of benzene rings is 1. The summed E-state index contributed by atoms with van der Waals surface area (Å²) in [5.74, 6) is -1.46. The van der Waals surface area contributed by atoms with Crippen molar-refractivity contribution in [3.63, 3.8) is 0 Å². The van der Waals surface area contributed by atoms with Crippen LogP contribution in [0.3, 0.4) is 0 Å². The summed E-state index contributed by atoms with van der Waals surface area (Å²) in [7, 11) is -4.26. The van der Waals surface area contributed by atoms with E-state index in [1.807, 2.05) is 17.0 Å². The summed E-state index contributed by atoms with van der Waals surface area (Å²) < 4.78 is 54.2. The molecule has 5 nitrogen and oxygen atoms in total. The molecule has 0 unspecified atom stereocenters. The summed E-state index contributed by atoms with van der Waals surface area (Å²) >= 11 is 0. The fraction of sp³-hybridized carbons (Fsp3) is 0.267. The number of hydrogen-bond donors (Lipinski definition) is 1. The Morgan fingerprint density at radius 1 is 1.13 bits per heavy atom. The lowest BCUT2D eigenvalue weighted by Gasteiger charge is -2.18. The Morgan fingerprint density at radius 2 is 1.87 bits per heavy atom. The third-order valence-corrected chi connectivity index (χ3v) is 5.24. The molecule has 1 N–H and O–H groups in total. The second kappa shape index (κ2) is 6.21. The highest BCUT2D eigenvalue weighted by Crippen LogP contribution is 2.22. The van der Waals surface area contributed by atoms with Crippen molar-refractivity contribution in [3.05, 3.63) is 54.2 Å². The standard InChI is InChI=1S/C15H15F2N3O2S/c16-12-4-3-5-13(17)15(12)23(21,22)19-11-7-9-20(10-11)14-6-1-2-8-18-14/h1-6,8,11,19H,7,9-10H2/t11-/m0/s1. The molecule has 1 aromatic heterocycles. The van der Waals surface area contributed by atoms with E-state index in [4.69, 9.17) is 0 Å². The van der Waals surface area contributed by atoms with Crippen LogP contribution in [0, 0.1) is 11.6 Å². The fourth-order valence-electron chi connectivity index (χ4n) is 2.62. The van der Waals surface area contributed by atoms with E-state index < -0.39 is 32.6 Å². The van der Waals surface area contributed by atoms with Crippen molar-refractivity contribution in [1.82, 2.24) is 9.71 Å². The molecule has 8 heteroatoms. The van der Waals surface area contributed by atoms with Gasteiger partial charge in [0.2, 0.25) is 10.0 Å². The number of halogens is 2. The van der Waals surface area contributed by atoms with Crippen molar-refractivity contribution < 1.29 is 17.2 Å². The van der Waals surface area contributed by atoms with Gasteiger partial charge >= 0.3 is 0 Å². The topological polar surface area (TPSA) is 62.3 Å². The van der Waals surface area contributed by atoms with Gasteiger partial charge in [0.15, 0.2) is 4.90 Å². The van der Waals surface area contributed by atoms with E-state index in [1.54, 1.807) is 12.3 Å². The molecule has 1 atom stereocenters. The molecule has 122 valence electrons. The Labute approximate surface area is 133 Å². The van der Waals surface area contributed by atoms with E-state index in [1.165, 1.54) is 0 Å². The third-order valence-electron chi connectivity index (χ3n) is 3.67. The zero-order valence-corrected chi connectivity index (χ0v) is 12.9. The summed E-state index contributed by atoms with van der Waals surface area (Å²) in [6.07, 6.45) is 2.19. The summed E-state index contributed by atoms with van der Waals surface area (Å²) in [6, 6.07) is 8.00. The highest BCUT2D eigenvalue weighted by Gasteiger charge is 2.31. The normalized spacial score (nSPS) is 18.3. The van der Waals surface area contributed by atoms with E-state index >= 15 is 0 Å². The first kappa shape index (κ1) is 15.8. The SMILES string of the molecule is O=S(=O)(N[C@H]1CCN(c2ccccn2)C1)c1c(F)cccc1F. The Morgan fingerprint density at radius 3 is 2.52 bits per heavy atom. The number of nitrogens with zero attached hydrogens (tertiary/aromatic N) is 2. The molecule has 2 heterocycles. The molecule has 1 saturated heterocycles. The van der Waals surface area contributed by atoms with E-state index in [2.05, 4.69) is 9.71 Å². The van der Waals surface area contributed by atoms with Crippen molar-refractivity contribution in [2.24, 2.45) is 0 Å². The smallest absolute Gasteiger partial charge is 0.246 e. The molecule has 2 aromatic rings. The first-order valence-corrected chi connectivity index (χ1v) is 8.58. The molecular weight excluding hydrogens is 324 g/mol. The number of aromatic nitrogens is 1. The minimum atomic E-state index is -4.26.